The maximum absolute atomic E-state index is 13.2. The minimum absolute atomic E-state index is 0.0526. The van der Waals surface area contributed by atoms with Crippen LogP contribution < -0.4 is 10.5 Å². The predicted octanol–water partition coefficient (Wildman–Crippen LogP) is 1.91. The summed E-state index contributed by atoms with van der Waals surface area (Å²) in [6.07, 6.45) is 2.92. The highest BCUT2D eigenvalue weighted by Crippen LogP contribution is 2.23. The largest absolute Gasteiger partial charge is 0.396 e. The number of aryl methyl sites for hydroxylation is 1. The first kappa shape index (κ1) is 13.3. The van der Waals surface area contributed by atoms with Crippen LogP contribution in [0.15, 0.2) is 41.6 Å². The Hall–Kier alpha value is -2.15. The Bertz CT molecular complexity index is 702. The van der Waals surface area contributed by atoms with Crippen molar-refractivity contribution in [2.24, 2.45) is 0 Å². The van der Waals surface area contributed by atoms with Crippen molar-refractivity contribution < 1.29 is 12.8 Å². The summed E-state index contributed by atoms with van der Waals surface area (Å²) < 4.78 is 40.0. The van der Waals surface area contributed by atoms with Crippen molar-refractivity contribution >= 4 is 21.4 Å². The second-order valence-corrected chi connectivity index (χ2v) is 5.63. The molecule has 0 fully saturated rings. The molecule has 0 radical (unpaired) electrons. The Kier molecular flexibility index (Phi) is 3.39. The second kappa shape index (κ2) is 4.85. The summed E-state index contributed by atoms with van der Waals surface area (Å²) in [5.74, 6) is -0.639. The van der Waals surface area contributed by atoms with Gasteiger partial charge < -0.3 is 5.73 Å². The van der Waals surface area contributed by atoms with E-state index in [4.69, 9.17) is 5.73 Å². The molecule has 5 nitrogen and oxygen atoms in total. The quantitative estimate of drug-likeness (QED) is 0.842. The van der Waals surface area contributed by atoms with Gasteiger partial charge in [0.05, 0.1) is 16.3 Å². The molecule has 0 aliphatic carbocycles. The van der Waals surface area contributed by atoms with Gasteiger partial charge in [0.15, 0.2) is 0 Å². The number of sulfonamides is 1. The fourth-order valence-corrected chi connectivity index (χ4v) is 2.91. The van der Waals surface area contributed by atoms with Gasteiger partial charge in [-0.1, -0.05) is 0 Å². The molecule has 1 heterocycles. The van der Waals surface area contributed by atoms with E-state index in [-0.39, 0.29) is 16.1 Å². The van der Waals surface area contributed by atoms with Gasteiger partial charge in [-0.05, 0) is 36.8 Å². The van der Waals surface area contributed by atoms with Crippen LogP contribution in [-0.2, 0) is 10.0 Å². The summed E-state index contributed by atoms with van der Waals surface area (Å²) in [6.45, 7) is 1.50. The van der Waals surface area contributed by atoms with Crippen LogP contribution in [0.25, 0.3) is 0 Å². The van der Waals surface area contributed by atoms with Crippen molar-refractivity contribution in [2.45, 2.75) is 11.8 Å². The average Bonchev–Trinajstić information content (AvgIpc) is 2.34. The van der Waals surface area contributed by atoms with Crippen molar-refractivity contribution in [3.05, 3.63) is 48.0 Å². The van der Waals surface area contributed by atoms with Gasteiger partial charge in [-0.2, -0.15) is 0 Å². The SMILES string of the molecule is Cc1cc(F)c(N)cc1S(=O)(=O)Nc1ccncc1. The van der Waals surface area contributed by atoms with Crippen LogP contribution >= 0.6 is 0 Å². The number of rotatable bonds is 3. The Morgan fingerprint density at radius 1 is 1.26 bits per heavy atom. The number of hydrogen-bond acceptors (Lipinski definition) is 4. The van der Waals surface area contributed by atoms with Gasteiger partial charge in [0.2, 0.25) is 0 Å². The highest BCUT2D eigenvalue weighted by Gasteiger charge is 2.18. The third kappa shape index (κ3) is 2.82. The molecular weight excluding hydrogens is 269 g/mol. The molecule has 2 rings (SSSR count). The number of hydrogen-bond donors (Lipinski definition) is 2. The lowest BCUT2D eigenvalue weighted by Crippen LogP contribution is -2.15. The van der Waals surface area contributed by atoms with Crippen molar-refractivity contribution in [3.63, 3.8) is 0 Å². The molecule has 7 heteroatoms. The fraction of sp³-hybridized carbons (Fsp3) is 0.0833. The summed E-state index contributed by atoms with van der Waals surface area (Å²) in [5, 5.41) is 0. The van der Waals surface area contributed by atoms with Gasteiger partial charge in [-0.25, -0.2) is 12.8 Å². The summed E-state index contributed by atoms with van der Waals surface area (Å²) in [5.41, 5.74) is 5.85. The Morgan fingerprint density at radius 2 is 1.89 bits per heavy atom. The molecular formula is C12H12FN3O2S. The van der Waals surface area contributed by atoms with E-state index in [1.54, 1.807) is 0 Å². The van der Waals surface area contributed by atoms with E-state index in [9.17, 15) is 12.8 Å². The van der Waals surface area contributed by atoms with Crippen LogP contribution in [-0.4, -0.2) is 13.4 Å². The molecule has 3 N–H and O–H groups in total. The zero-order valence-electron chi connectivity index (χ0n) is 10.1. The van der Waals surface area contributed by atoms with Crippen molar-refractivity contribution in [2.75, 3.05) is 10.5 Å². The molecule has 0 aliphatic heterocycles. The lowest BCUT2D eigenvalue weighted by atomic mass is 10.2. The predicted molar refractivity (Wildman–Crippen MR) is 70.6 cm³/mol. The molecule has 0 saturated heterocycles. The summed E-state index contributed by atoms with van der Waals surface area (Å²) >= 11 is 0. The molecule has 1 aromatic carbocycles. The topological polar surface area (TPSA) is 85.1 Å². The van der Waals surface area contributed by atoms with Crippen LogP contribution in [0.2, 0.25) is 0 Å². The Labute approximate surface area is 110 Å². The molecule has 2 aromatic rings. The lowest BCUT2D eigenvalue weighted by Gasteiger charge is -2.11. The molecule has 0 amide bonds. The molecule has 19 heavy (non-hydrogen) atoms. The molecule has 0 saturated carbocycles. The highest BCUT2D eigenvalue weighted by molar-refractivity contribution is 7.92. The maximum atomic E-state index is 13.2. The van der Waals surface area contributed by atoms with E-state index in [1.165, 1.54) is 31.5 Å². The summed E-state index contributed by atoms with van der Waals surface area (Å²) in [7, 11) is -3.81. The van der Waals surface area contributed by atoms with Crippen molar-refractivity contribution in [3.8, 4) is 0 Å². The number of nitrogens with two attached hydrogens (primary N) is 1. The van der Waals surface area contributed by atoms with E-state index in [0.29, 0.717) is 5.69 Å². The second-order valence-electron chi connectivity index (χ2n) is 3.98. The monoisotopic (exact) mass is 281 g/mol. The maximum Gasteiger partial charge on any atom is 0.262 e. The van der Waals surface area contributed by atoms with Gasteiger partial charge in [0.25, 0.3) is 10.0 Å². The van der Waals surface area contributed by atoms with E-state index in [0.717, 1.165) is 12.1 Å². The number of nitrogens with one attached hydrogen (secondary N) is 1. The third-order valence-corrected chi connectivity index (χ3v) is 4.04. The minimum atomic E-state index is -3.81. The zero-order valence-corrected chi connectivity index (χ0v) is 10.9. The van der Waals surface area contributed by atoms with Crippen molar-refractivity contribution in [1.82, 2.24) is 4.98 Å². The van der Waals surface area contributed by atoms with Gasteiger partial charge in [-0.3, -0.25) is 9.71 Å². The molecule has 0 unspecified atom stereocenters. The van der Waals surface area contributed by atoms with E-state index >= 15 is 0 Å². The number of anilines is 2. The molecule has 0 aliphatic rings. The number of benzene rings is 1. The number of aromatic nitrogens is 1. The first-order valence-electron chi connectivity index (χ1n) is 5.38. The molecule has 0 bridgehead atoms. The number of halogens is 1. The molecule has 1 aromatic heterocycles. The van der Waals surface area contributed by atoms with E-state index < -0.39 is 15.8 Å². The Morgan fingerprint density at radius 3 is 2.53 bits per heavy atom. The van der Waals surface area contributed by atoms with Crippen LogP contribution in [0.4, 0.5) is 15.8 Å². The molecule has 0 atom stereocenters. The molecule has 100 valence electrons. The van der Waals surface area contributed by atoms with Crippen LogP contribution in [0, 0.1) is 12.7 Å². The lowest BCUT2D eigenvalue weighted by molar-refractivity contribution is 0.599. The smallest absolute Gasteiger partial charge is 0.262 e. The summed E-state index contributed by atoms with van der Waals surface area (Å²) in [6, 6.07) is 5.23. The van der Waals surface area contributed by atoms with Gasteiger partial charge in [0, 0.05) is 12.4 Å². The van der Waals surface area contributed by atoms with E-state index in [1.807, 2.05) is 0 Å². The first-order chi connectivity index (χ1) is 8.90. The highest BCUT2D eigenvalue weighted by atomic mass is 32.2. The van der Waals surface area contributed by atoms with Crippen LogP contribution in [0.3, 0.4) is 0 Å². The number of nitrogen functional groups attached to an aromatic ring is 1. The third-order valence-electron chi connectivity index (χ3n) is 2.52. The van der Waals surface area contributed by atoms with Gasteiger partial charge in [-0.15, -0.1) is 0 Å². The van der Waals surface area contributed by atoms with Gasteiger partial charge in [0.1, 0.15) is 5.82 Å². The minimum Gasteiger partial charge on any atom is -0.396 e. The molecule has 0 spiro atoms. The number of nitrogens with zero attached hydrogens (tertiary/aromatic N) is 1. The standard InChI is InChI=1S/C12H12FN3O2S/c1-8-6-10(13)11(14)7-12(8)19(17,18)16-9-2-4-15-5-3-9/h2-7H,14H2,1H3,(H,15,16). The van der Waals surface area contributed by atoms with Crippen LogP contribution in [0.5, 0.6) is 0 Å². The summed E-state index contributed by atoms with van der Waals surface area (Å²) in [4.78, 5) is 3.73. The normalized spacial score (nSPS) is 11.3. The van der Waals surface area contributed by atoms with Gasteiger partial charge >= 0.3 is 0 Å². The average molecular weight is 281 g/mol. The van der Waals surface area contributed by atoms with Crippen LogP contribution in [0.1, 0.15) is 5.56 Å². The fourth-order valence-electron chi connectivity index (χ4n) is 1.59. The Balaban J connectivity index is 2.43. The van der Waals surface area contributed by atoms with E-state index in [2.05, 4.69) is 9.71 Å². The van der Waals surface area contributed by atoms with Crippen molar-refractivity contribution in [1.29, 1.82) is 0 Å². The first-order valence-corrected chi connectivity index (χ1v) is 6.87. The number of pyridine rings is 1. The zero-order chi connectivity index (χ0) is 14.0.